The van der Waals surface area contributed by atoms with E-state index in [9.17, 15) is 19.5 Å². The average molecular weight is 361 g/mol. The number of hydrogen-bond acceptors (Lipinski definition) is 3. The summed E-state index contributed by atoms with van der Waals surface area (Å²) in [7, 11) is 0. The standard InChI is InChI=1S/C18H17ClN2O4/c19-14-9-5-4-8-13(14)10-15(18(24)25)21-16(22)11-20-17(23)12-6-2-1-3-7-12/h1-9,15H,10-11H2,(H,20,23)(H,21,22)(H,24,25)/t15-/m0/s1. The first-order valence-corrected chi connectivity index (χ1v) is 7.94. The molecular weight excluding hydrogens is 344 g/mol. The zero-order valence-electron chi connectivity index (χ0n) is 13.2. The second-order valence-electron chi connectivity index (χ2n) is 5.30. The van der Waals surface area contributed by atoms with Crippen molar-refractivity contribution in [2.24, 2.45) is 0 Å². The van der Waals surface area contributed by atoms with Crippen molar-refractivity contribution in [1.82, 2.24) is 10.6 Å². The summed E-state index contributed by atoms with van der Waals surface area (Å²) in [5.41, 5.74) is 1.03. The zero-order valence-corrected chi connectivity index (χ0v) is 14.0. The fraction of sp³-hybridized carbons (Fsp3) is 0.167. The number of aliphatic carboxylic acids is 1. The number of amides is 2. The van der Waals surface area contributed by atoms with E-state index in [0.29, 0.717) is 16.1 Å². The van der Waals surface area contributed by atoms with E-state index in [-0.39, 0.29) is 13.0 Å². The lowest BCUT2D eigenvalue weighted by molar-refractivity contribution is -0.141. The van der Waals surface area contributed by atoms with Gasteiger partial charge >= 0.3 is 5.97 Å². The van der Waals surface area contributed by atoms with Crippen LogP contribution in [0.25, 0.3) is 0 Å². The van der Waals surface area contributed by atoms with Crippen LogP contribution in [0.1, 0.15) is 15.9 Å². The van der Waals surface area contributed by atoms with Crippen LogP contribution in [0.5, 0.6) is 0 Å². The van der Waals surface area contributed by atoms with Crippen LogP contribution in [0.2, 0.25) is 5.02 Å². The minimum atomic E-state index is -1.18. The molecule has 0 aliphatic carbocycles. The lowest BCUT2D eigenvalue weighted by atomic mass is 10.1. The number of carboxylic acid groups (broad SMARTS) is 1. The summed E-state index contributed by atoms with van der Waals surface area (Å²) in [5.74, 6) is -2.18. The Balaban J connectivity index is 1.91. The van der Waals surface area contributed by atoms with Gasteiger partial charge in [0.25, 0.3) is 5.91 Å². The summed E-state index contributed by atoms with van der Waals surface area (Å²) in [6.07, 6.45) is 0.0490. The molecule has 0 radical (unpaired) electrons. The quantitative estimate of drug-likeness (QED) is 0.702. The van der Waals surface area contributed by atoms with Crippen molar-refractivity contribution in [2.45, 2.75) is 12.5 Å². The Labute approximate surface area is 149 Å². The molecule has 0 spiro atoms. The van der Waals surface area contributed by atoms with E-state index in [1.165, 1.54) is 0 Å². The topological polar surface area (TPSA) is 95.5 Å². The molecule has 2 aromatic rings. The van der Waals surface area contributed by atoms with E-state index in [4.69, 9.17) is 11.6 Å². The predicted octanol–water partition coefficient (Wildman–Crippen LogP) is 1.88. The number of hydrogen-bond donors (Lipinski definition) is 3. The maximum atomic E-state index is 11.9. The van der Waals surface area contributed by atoms with E-state index < -0.39 is 23.8 Å². The largest absolute Gasteiger partial charge is 0.480 e. The number of benzene rings is 2. The summed E-state index contributed by atoms with van der Waals surface area (Å²) < 4.78 is 0. The van der Waals surface area contributed by atoms with Crippen LogP contribution in [-0.4, -0.2) is 35.5 Å². The van der Waals surface area contributed by atoms with Gasteiger partial charge in [0.1, 0.15) is 6.04 Å². The van der Waals surface area contributed by atoms with Gasteiger partial charge in [-0.05, 0) is 23.8 Å². The number of carbonyl (C=O) groups excluding carboxylic acids is 2. The Morgan fingerprint density at radius 3 is 2.28 bits per heavy atom. The molecule has 0 aromatic heterocycles. The Bertz CT molecular complexity index is 765. The second kappa shape index (κ2) is 8.84. The van der Waals surface area contributed by atoms with Crippen molar-refractivity contribution in [1.29, 1.82) is 0 Å². The highest BCUT2D eigenvalue weighted by Gasteiger charge is 2.21. The highest BCUT2D eigenvalue weighted by molar-refractivity contribution is 6.31. The molecule has 2 amide bonds. The predicted molar refractivity (Wildman–Crippen MR) is 93.5 cm³/mol. The molecule has 0 fully saturated rings. The molecule has 0 bridgehead atoms. The highest BCUT2D eigenvalue weighted by atomic mass is 35.5. The fourth-order valence-corrected chi connectivity index (χ4v) is 2.39. The molecule has 0 aliphatic rings. The first-order valence-electron chi connectivity index (χ1n) is 7.56. The van der Waals surface area contributed by atoms with Crippen molar-refractivity contribution in [3.05, 3.63) is 70.7 Å². The third-order valence-electron chi connectivity index (χ3n) is 3.46. The molecule has 3 N–H and O–H groups in total. The molecule has 130 valence electrons. The van der Waals surface area contributed by atoms with Crippen LogP contribution < -0.4 is 10.6 Å². The zero-order chi connectivity index (χ0) is 18.2. The van der Waals surface area contributed by atoms with Gasteiger partial charge in [0, 0.05) is 17.0 Å². The molecule has 0 saturated heterocycles. The normalized spacial score (nSPS) is 11.4. The molecule has 6 nitrogen and oxygen atoms in total. The van der Waals surface area contributed by atoms with E-state index in [0.717, 1.165) is 0 Å². The molecule has 0 heterocycles. The summed E-state index contributed by atoms with van der Waals surface area (Å²) in [6, 6.07) is 14.1. The van der Waals surface area contributed by atoms with Crippen LogP contribution in [-0.2, 0) is 16.0 Å². The molecule has 7 heteroatoms. The summed E-state index contributed by atoms with van der Waals surface area (Å²) in [5, 5.41) is 14.6. The van der Waals surface area contributed by atoms with Gasteiger partial charge in [-0.2, -0.15) is 0 Å². The first-order chi connectivity index (χ1) is 12.0. The van der Waals surface area contributed by atoms with Gasteiger partial charge in [-0.15, -0.1) is 0 Å². The van der Waals surface area contributed by atoms with Crippen molar-refractivity contribution in [2.75, 3.05) is 6.54 Å². The Hall–Kier alpha value is -2.86. The smallest absolute Gasteiger partial charge is 0.326 e. The van der Waals surface area contributed by atoms with E-state index in [1.54, 1.807) is 54.6 Å². The maximum Gasteiger partial charge on any atom is 0.326 e. The van der Waals surface area contributed by atoms with Gasteiger partial charge in [0.05, 0.1) is 6.54 Å². The van der Waals surface area contributed by atoms with Gasteiger partial charge in [-0.1, -0.05) is 48.0 Å². The Morgan fingerprint density at radius 1 is 1.00 bits per heavy atom. The average Bonchev–Trinajstić information content (AvgIpc) is 2.61. The lowest BCUT2D eigenvalue weighted by Crippen LogP contribution is -2.46. The van der Waals surface area contributed by atoms with Gasteiger partial charge in [0.2, 0.25) is 5.91 Å². The molecule has 25 heavy (non-hydrogen) atoms. The molecule has 2 rings (SSSR count). The Kier molecular flexibility index (Phi) is 6.54. The number of carboxylic acids is 1. The highest BCUT2D eigenvalue weighted by Crippen LogP contribution is 2.16. The monoisotopic (exact) mass is 360 g/mol. The van der Waals surface area contributed by atoms with E-state index in [1.807, 2.05) is 0 Å². The molecule has 1 atom stereocenters. The molecule has 2 aromatic carbocycles. The number of nitrogens with one attached hydrogen (secondary N) is 2. The summed E-state index contributed by atoms with van der Waals surface area (Å²) in [6.45, 7) is -0.319. The van der Waals surface area contributed by atoms with Crippen molar-refractivity contribution in [3.63, 3.8) is 0 Å². The third-order valence-corrected chi connectivity index (χ3v) is 3.83. The number of halogens is 1. The van der Waals surface area contributed by atoms with Crippen molar-refractivity contribution in [3.8, 4) is 0 Å². The maximum absolute atomic E-state index is 11.9. The van der Waals surface area contributed by atoms with Crippen molar-refractivity contribution >= 4 is 29.4 Å². The van der Waals surface area contributed by atoms with Crippen LogP contribution in [0.3, 0.4) is 0 Å². The second-order valence-corrected chi connectivity index (χ2v) is 5.71. The van der Waals surface area contributed by atoms with Gasteiger partial charge in [0.15, 0.2) is 0 Å². The fourth-order valence-electron chi connectivity index (χ4n) is 2.18. The first kappa shape index (κ1) is 18.5. The third kappa shape index (κ3) is 5.61. The van der Waals surface area contributed by atoms with E-state index in [2.05, 4.69) is 10.6 Å². The van der Waals surface area contributed by atoms with Crippen LogP contribution >= 0.6 is 11.6 Å². The van der Waals surface area contributed by atoms with Crippen LogP contribution in [0, 0.1) is 0 Å². The van der Waals surface area contributed by atoms with Gasteiger partial charge < -0.3 is 15.7 Å². The molecule has 0 unspecified atom stereocenters. The van der Waals surface area contributed by atoms with Gasteiger partial charge in [-0.3, -0.25) is 9.59 Å². The summed E-state index contributed by atoms with van der Waals surface area (Å²) >= 11 is 6.02. The number of rotatable bonds is 7. The van der Waals surface area contributed by atoms with E-state index >= 15 is 0 Å². The minimum Gasteiger partial charge on any atom is -0.480 e. The minimum absolute atomic E-state index is 0.0490. The molecular formula is C18H17ClN2O4. The van der Waals surface area contributed by atoms with Crippen LogP contribution in [0.4, 0.5) is 0 Å². The molecule has 0 saturated carbocycles. The van der Waals surface area contributed by atoms with Crippen LogP contribution in [0.15, 0.2) is 54.6 Å². The summed E-state index contributed by atoms with van der Waals surface area (Å²) in [4.78, 5) is 35.2. The van der Waals surface area contributed by atoms with Crippen molar-refractivity contribution < 1.29 is 19.5 Å². The number of carbonyl (C=O) groups is 3. The molecule has 0 aliphatic heterocycles. The Morgan fingerprint density at radius 2 is 1.64 bits per heavy atom. The van der Waals surface area contributed by atoms with Gasteiger partial charge in [-0.25, -0.2) is 4.79 Å². The lowest BCUT2D eigenvalue weighted by Gasteiger charge is -2.15. The SMILES string of the molecule is O=C(CNC(=O)c1ccccc1)N[C@@H](Cc1ccccc1Cl)C(=O)O.